The predicted octanol–water partition coefficient (Wildman–Crippen LogP) is 1.55. The van der Waals surface area contributed by atoms with Crippen LogP contribution < -0.4 is 15.8 Å². The topological polar surface area (TPSA) is 101 Å². The number of benzene rings is 1. The lowest BCUT2D eigenvalue weighted by Crippen LogP contribution is -2.20. The molecule has 0 bridgehead atoms. The van der Waals surface area contributed by atoms with Crippen LogP contribution in [0.5, 0.6) is 5.75 Å². The van der Waals surface area contributed by atoms with Crippen molar-refractivity contribution in [2.24, 2.45) is 0 Å². The van der Waals surface area contributed by atoms with Gasteiger partial charge in [-0.15, -0.1) is 0 Å². The first-order valence-electron chi connectivity index (χ1n) is 5.82. The Bertz CT molecular complexity index is 650. The summed E-state index contributed by atoms with van der Waals surface area (Å²) in [5.41, 5.74) is 6.87. The van der Waals surface area contributed by atoms with Gasteiger partial charge in [0.05, 0.1) is 23.1 Å². The van der Waals surface area contributed by atoms with E-state index in [1.165, 1.54) is 6.20 Å². The van der Waals surface area contributed by atoms with Crippen molar-refractivity contribution in [3.05, 3.63) is 48.3 Å². The van der Waals surface area contributed by atoms with E-state index in [1.807, 2.05) is 6.07 Å². The molecule has 3 N–H and O–H groups in total. The van der Waals surface area contributed by atoms with Crippen molar-refractivity contribution >= 4 is 17.3 Å². The summed E-state index contributed by atoms with van der Waals surface area (Å²) in [5, 5.41) is 11.5. The minimum Gasteiger partial charge on any atom is -0.482 e. The van der Waals surface area contributed by atoms with Crippen LogP contribution in [0.4, 0.5) is 11.4 Å². The summed E-state index contributed by atoms with van der Waals surface area (Å²) < 4.78 is 5.30. The summed E-state index contributed by atoms with van der Waals surface area (Å²) in [4.78, 5) is 15.6. The van der Waals surface area contributed by atoms with Gasteiger partial charge in [0, 0.05) is 6.20 Å². The molecule has 0 unspecified atom stereocenters. The fourth-order valence-corrected chi connectivity index (χ4v) is 1.54. The molecule has 1 amide bonds. The molecule has 0 aliphatic carbocycles. The smallest absolute Gasteiger partial charge is 0.262 e. The van der Waals surface area contributed by atoms with Crippen LogP contribution in [0, 0.1) is 11.3 Å². The molecule has 20 heavy (non-hydrogen) atoms. The number of amides is 1. The lowest BCUT2D eigenvalue weighted by atomic mass is 10.2. The van der Waals surface area contributed by atoms with E-state index in [9.17, 15) is 4.79 Å². The molecule has 6 heteroatoms. The highest BCUT2D eigenvalue weighted by Crippen LogP contribution is 2.24. The average molecular weight is 268 g/mol. The second-order valence-corrected chi connectivity index (χ2v) is 3.91. The molecule has 0 radical (unpaired) electrons. The van der Waals surface area contributed by atoms with E-state index < -0.39 is 0 Å². The van der Waals surface area contributed by atoms with Gasteiger partial charge < -0.3 is 15.8 Å². The Morgan fingerprint density at radius 3 is 2.95 bits per heavy atom. The number of hydrogen-bond donors (Lipinski definition) is 2. The van der Waals surface area contributed by atoms with Crippen molar-refractivity contribution in [3.63, 3.8) is 0 Å². The van der Waals surface area contributed by atoms with E-state index >= 15 is 0 Å². The van der Waals surface area contributed by atoms with Gasteiger partial charge in [0.1, 0.15) is 11.8 Å². The van der Waals surface area contributed by atoms with Crippen molar-refractivity contribution in [3.8, 4) is 11.8 Å². The van der Waals surface area contributed by atoms with E-state index in [2.05, 4.69) is 10.3 Å². The Morgan fingerprint density at radius 2 is 2.25 bits per heavy atom. The molecular formula is C14H12N4O2. The molecule has 0 spiro atoms. The average Bonchev–Trinajstić information content (AvgIpc) is 2.47. The fraction of sp³-hybridized carbons (Fsp3) is 0.0714. The molecule has 0 aliphatic heterocycles. The third kappa shape index (κ3) is 3.23. The highest BCUT2D eigenvalue weighted by Gasteiger charge is 2.08. The fourth-order valence-electron chi connectivity index (χ4n) is 1.54. The number of nitrogens with two attached hydrogens (primary N) is 1. The summed E-state index contributed by atoms with van der Waals surface area (Å²) in [5.74, 6) is -0.0230. The minimum atomic E-state index is -0.334. The van der Waals surface area contributed by atoms with Crippen LogP contribution in [0.15, 0.2) is 42.7 Å². The monoisotopic (exact) mass is 268 g/mol. The second kappa shape index (κ2) is 6.20. The number of rotatable bonds is 4. The molecule has 100 valence electrons. The lowest BCUT2D eigenvalue weighted by molar-refractivity contribution is -0.118. The minimum absolute atomic E-state index is 0.200. The highest BCUT2D eigenvalue weighted by atomic mass is 16.5. The van der Waals surface area contributed by atoms with Crippen molar-refractivity contribution in [1.29, 1.82) is 5.26 Å². The number of pyridine rings is 1. The third-order valence-electron chi connectivity index (χ3n) is 2.49. The predicted molar refractivity (Wildman–Crippen MR) is 73.9 cm³/mol. The number of carbonyl (C=O) groups excluding carboxylic acids is 1. The van der Waals surface area contributed by atoms with Gasteiger partial charge in [0.25, 0.3) is 5.91 Å². The first-order valence-corrected chi connectivity index (χ1v) is 5.82. The lowest BCUT2D eigenvalue weighted by Gasteiger charge is -2.09. The number of para-hydroxylation sites is 1. The highest BCUT2D eigenvalue weighted by molar-refractivity contribution is 5.91. The molecule has 0 fully saturated rings. The van der Waals surface area contributed by atoms with Crippen LogP contribution >= 0.6 is 0 Å². The Labute approximate surface area is 115 Å². The van der Waals surface area contributed by atoms with E-state index in [4.69, 9.17) is 15.7 Å². The molecule has 0 aliphatic rings. The summed E-state index contributed by atoms with van der Waals surface area (Å²) in [6.45, 7) is -0.200. The van der Waals surface area contributed by atoms with Crippen molar-refractivity contribution in [1.82, 2.24) is 4.98 Å². The Balaban J connectivity index is 1.96. The first-order chi connectivity index (χ1) is 9.70. The van der Waals surface area contributed by atoms with Gasteiger partial charge in [0.15, 0.2) is 6.61 Å². The van der Waals surface area contributed by atoms with Crippen LogP contribution in [-0.2, 0) is 4.79 Å². The summed E-state index contributed by atoms with van der Waals surface area (Å²) >= 11 is 0. The van der Waals surface area contributed by atoms with E-state index in [0.29, 0.717) is 17.0 Å². The zero-order chi connectivity index (χ0) is 14.4. The zero-order valence-electron chi connectivity index (χ0n) is 10.5. The van der Waals surface area contributed by atoms with Crippen LogP contribution in [-0.4, -0.2) is 17.5 Å². The van der Waals surface area contributed by atoms with Crippen molar-refractivity contribution < 1.29 is 9.53 Å². The van der Waals surface area contributed by atoms with E-state index in [-0.39, 0.29) is 18.2 Å². The molecule has 0 atom stereocenters. The normalized spacial score (nSPS) is 9.55. The SMILES string of the molecule is N#Cc1cccc(OCC(=O)Nc2cccnc2)c1N. The van der Waals surface area contributed by atoms with Crippen molar-refractivity contribution in [2.45, 2.75) is 0 Å². The molecule has 2 aromatic rings. The van der Waals surface area contributed by atoms with Gasteiger partial charge in [-0.3, -0.25) is 9.78 Å². The number of ether oxygens (including phenoxy) is 1. The summed E-state index contributed by atoms with van der Waals surface area (Å²) in [7, 11) is 0. The largest absolute Gasteiger partial charge is 0.482 e. The molecule has 1 aromatic carbocycles. The number of carbonyl (C=O) groups is 1. The van der Waals surface area contributed by atoms with Crippen LogP contribution in [0.3, 0.4) is 0 Å². The van der Waals surface area contributed by atoms with E-state index in [0.717, 1.165) is 0 Å². The molecule has 1 aromatic heterocycles. The number of anilines is 2. The standard InChI is InChI=1S/C14H12N4O2/c15-7-10-3-1-5-12(14(10)16)20-9-13(19)18-11-4-2-6-17-8-11/h1-6,8H,9,16H2,(H,18,19). The van der Waals surface area contributed by atoms with Gasteiger partial charge in [-0.25, -0.2) is 0 Å². The van der Waals surface area contributed by atoms with Crippen LogP contribution in [0.1, 0.15) is 5.56 Å². The zero-order valence-corrected chi connectivity index (χ0v) is 10.5. The van der Waals surface area contributed by atoms with Crippen LogP contribution in [0.2, 0.25) is 0 Å². The van der Waals surface area contributed by atoms with Gasteiger partial charge in [-0.1, -0.05) is 6.07 Å². The Hall–Kier alpha value is -3.07. The van der Waals surface area contributed by atoms with Crippen LogP contribution in [0.25, 0.3) is 0 Å². The summed E-state index contributed by atoms with van der Waals surface area (Å²) in [6.07, 6.45) is 3.14. The molecule has 2 rings (SSSR count). The molecular weight excluding hydrogens is 256 g/mol. The number of nitrogens with one attached hydrogen (secondary N) is 1. The molecule has 0 saturated carbocycles. The molecule has 6 nitrogen and oxygen atoms in total. The summed E-state index contributed by atoms with van der Waals surface area (Å²) in [6, 6.07) is 10.2. The maximum absolute atomic E-state index is 11.7. The van der Waals surface area contributed by atoms with Gasteiger partial charge in [0.2, 0.25) is 0 Å². The number of nitriles is 1. The van der Waals surface area contributed by atoms with Crippen molar-refractivity contribution in [2.75, 3.05) is 17.7 Å². The Kier molecular flexibility index (Phi) is 4.14. The molecule has 0 saturated heterocycles. The van der Waals surface area contributed by atoms with Gasteiger partial charge >= 0.3 is 0 Å². The van der Waals surface area contributed by atoms with E-state index in [1.54, 1.807) is 36.5 Å². The molecule has 1 heterocycles. The van der Waals surface area contributed by atoms with Gasteiger partial charge in [-0.05, 0) is 24.3 Å². The third-order valence-corrected chi connectivity index (χ3v) is 2.49. The maximum Gasteiger partial charge on any atom is 0.262 e. The maximum atomic E-state index is 11.7. The number of nitrogen functional groups attached to an aromatic ring is 1. The quantitative estimate of drug-likeness (QED) is 0.819. The number of aromatic nitrogens is 1. The van der Waals surface area contributed by atoms with Gasteiger partial charge in [-0.2, -0.15) is 5.26 Å². The number of nitrogens with zero attached hydrogens (tertiary/aromatic N) is 2. The Morgan fingerprint density at radius 1 is 1.40 bits per heavy atom. The second-order valence-electron chi connectivity index (χ2n) is 3.91. The number of hydrogen-bond acceptors (Lipinski definition) is 5. The first kappa shape index (κ1) is 13.4.